The minimum Gasteiger partial charge on any atom is -0.507 e. The molecule has 1 N–H and O–H groups in total. The fraction of sp³-hybridized carbons (Fsp3) is 0.444. The molecule has 0 aliphatic rings. The number of phenols is 1. The molecule has 1 aromatic heterocycles. The number of benzene rings is 1. The first kappa shape index (κ1) is 21.7. The molecule has 2 aromatic rings. The van der Waals surface area contributed by atoms with E-state index in [9.17, 15) is 14.7 Å². The van der Waals surface area contributed by atoms with Gasteiger partial charge in [0.25, 0.3) is 0 Å². The van der Waals surface area contributed by atoms with E-state index < -0.39 is 0 Å². The molecular formula is C18H22N2O4S3. The molecule has 0 atom stereocenters. The number of ketones is 1. The average molecular weight is 427 g/mol. The van der Waals surface area contributed by atoms with Crippen molar-refractivity contribution in [2.45, 2.75) is 48.7 Å². The Morgan fingerprint density at radius 2 is 1.96 bits per heavy atom. The number of hydrogen-bond donors (Lipinski definition) is 1. The van der Waals surface area contributed by atoms with E-state index in [-0.39, 0.29) is 16.6 Å². The lowest BCUT2D eigenvalue weighted by atomic mass is 10.0. The molecule has 0 aliphatic heterocycles. The van der Waals surface area contributed by atoms with Crippen molar-refractivity contribution in [2.24, 2.45) is 0 Å². The first-order valence-corrected chi connectivity index (χ1v) is 11.2. The highest BCUT2D eigenvalue weighted by Crippen LogP contribution is 2.33. The maximum Gasteiger partial charge on any atom is 0.192 e. The number of rotatable bonds is 10. The van der Waals surface area contributed by atoms with Crippen LogP contribution in [0.15, 0.2) is 20.8 Å². The number of nitrogens with zero attached hydrogens (tertiary/aromatic N) is 2. The zero-order valence-electron chi connectivity index (χ0n) is 15.5. The molecule has 0 fully saturated rings. The van der Waals surface area contributed by atoms with E-state index in [1.54, 1.807) is 23.9 Å². The quantitative estimate of drug-likeness (QED) is 0.335. The summed E-state index contributed by atoms with van der Waals surface area (Å²) in [5, 5.41) is 18.4. The number of Topliss-reactive ketones (excluding diaryl/α,β-unsaturated/α-hetero) is 1. The number of phenolic OH excluding ortho intramolecular Hbond substituents is 1. The zero-order chi connectivity index (χ0) is 19.8. The van der Waals surface area contributed by atoms with Crippen LogP contribution in [0.4, 0.5) is 0 Å². The molecule has 6 nitrogen and oxygen atoms in total. The molecule has 0 saturated heterocycles. The first-order valence-electron chi connectivity index (χ1n) is 8.55. The average Bonchev–Trinajstić information content (AvgIpc) is 3.03. The number of carbonyl (C=O) groups excluding carboxylic acids is 2. The molecule has 0 unspecified atom stereocenters. The lowest BCUT2D eigenvalue weighted by Crippen LogP contribution is -2.04. The summed E-state index contributed by atoms with van der Waals surface area (Å²) < 4.78 is 7.32. The van der Waals surface area contributed by atoms with Crippen LogP contribution in [-0.4, -0.2) is 38.6 Å². The number of thioether (sulfide) groups is 2. The monoisotopic (exact) mass is 426 g/mol. The van der Waals surface area contributed by atoms with Gasteiger partial charge in [-0.05, 0) is 43.7 Å². The van der Waals surface area contributed by atoms with Crippen molar-refractivity contribution in [3.63, 3.8) is 0 Å². The van der Waals surface area contributed by atoms with Gasteiger partial charge in [-0.25, -0.2) is 0 Å². The molecule has 2 rings (SSSR count). The molecular weight excluding hydrogens is 404 g/mol. The van der Waals surface area contributed by atoms with Gasteiger partial charge in [-0.1, -0.05) is 36.4 Å². The van der Waals surface area contributed by atoms with Crippen LogP contribution >= 0.6 is 34.9 Å². The number of carbonyl (C=O) groups is 2. The number of ether oxygens (including phenoxy) is 1. The lowest BCUT2D eigenvalue weighted by Gasteiger charge is -2.14. The van der Waals surface area contributed by atoms with Crippen molar-refractivity contribution in [3.8, 4) is 11.5 Å². The van der Waals surface area contributed by atoms with Crippen LogP contribution in [0.1, 0.15) is 49.5 Å². The molecule has 9 heteroatoms. The van der Waals surface area contributed by atoms with Gasteiger partial charge in [0.15, 0.2) is 19.6 Å². The standard InChI is InChI=1S/C18H22N2O4S3/c1-4-6-14-15(8-7-13(11(2)21)16(14)23)24-9-5-10-25-17-19-20-18(27-17)26-12(3)22/h7-8,23H,4-6,9-10H2,1-3H3. The van der Waals surface area contributed by atoms with Crippen molar-refractivity contribution in [1.82, 2.24) is 10.2 Å². The van der Waals surface area contributed by atoms with Crippen LogP contribution in [0.2, 0.25) is 0 Å². The molecule has 0 amide bonds. The van der Waals surface area contributed by atoms with E-state index in [4.69, 9.17) is 4.74 Å². The molecule has 0 bridgehead atoms. The maximum absolute atomic E-state index is 11.6. The fourth-order valence-electron chi connectivity index (χ4n) is 2.35. The smallest absolute Gasteiger partial charge is 0.192 e. The molecule has 0 spiro atoms. The second-order valence-corrected chi connectivity index (χ2v) is 9.47. The highest BCUT2D eigenvalue weighted by molar-refractivity contribution is 8.15. The Kier molecular flexibility index (Phi) is 8.59. The van der Waals surface area contributed by atoms with Gasteiger partial charge in [0.2, 0.25) is 0 Å². The van der Waals surface area contributed by atoms with Crippen LogP contribution in [0.5, 0.6) is 11.5 Å². The zero-order valence-corrected chi connectivity index (χ0v) is 17.9. The molecule has 0 saturated carbocycles. The van der Waals surface area contributed by atoms with Gasteiger partial charge < -0.3 is 9.84 Å². The molecule has 27 heavy (non-hydrogen) atoms. The van der Waals surface area contributed by atoms with Gasteiger partial charge in [-0.15, -0.1) is 10.2 Å². The maximum atomic E-state index is 11.6. The predicted molar refractivity (Wildman–Crippen MR) is 109 cm³/mol. The summed E-state index contributed by atoms with van der Waals surface area (Å²) in [6.07, 6.45) is 2.29. The number of aromatic hydroxyl groups is 1. The highest BCUT2D eigenvalue weighted by atomic mass is 32.2. The third-order valence-corrected chi connectivity index (χ3v) is 6.49. The third-order valence-electron chi connectivity index (χ3n) is 3.51. The van der Waals surface area contributed by atoms with Crippen molar-refractivity contribution in [2.75, 3.05) is 12.4 Å². The SMILES string of the molecule is CCCc1c(OCCCSc2nnc(SC(C)=O)s2)ccc(C(C)=O)c1O. The number of hydrogen-bond acceptors (Lipinski definition) is 9. The van der Waals surface area contributed by atoms with Gasteiger partial charge in [0, 0.05) is 18.2 Å². The Morgan fingerprint density at radius 1 is 1.22 bits per heavy atom. The summed E-state index contributed by atoms with van der Waals surface area (Å²) in [7, 11) is 0. The second kappa shape index (κ2) is 10.7. The van der Waals surface area contributed by atoms with E-state index >= 15 is 0 Å². The Hall–Kier alpha value is -1.58. The Balaban J connectivity index is 1.86. The Bertz CT molecular complexity index is 808. The van der Waals surface area contributed by atoms with Crippen molar-refractivity contribution in [3.05, 3.63) is 23.3 Å². The van der Waals surface area contributed by atoms with Crippen LogP contribution in [-0.2, 0) is 11.2 Å². The topological polar surface area (TPSA) is 89.4 Å². The molecule has 146 valence electrons. The van der Waals surface area contributed by atoms with Gasteiger partial charge in [0.1, 0.15) is 11.5 Å². The van der Waals surface area contributed by atoms with Crippen molar-refractivity contribution < 1.29 is 19.4 Å². The summed E-state index contributed by atoms with van der Waals surface area (Å²) in [5.74, 6) is 1.30. The summed E-state index contributed by atoms with van der Waals surface area (Å²) in [6, 6.07) is 3.36. The minimum absolute atomic E-state index is 0.00183. The first-order chi connectivity index (χ1) is 12.9. The molecule has 1 heterocycles. The minimum atomic E-state index is -0.160. The molecule has 0 radical (unpaired) electrons. The summed E-state index contributed by atoms with van der Waals surface area (Å²) in [4.78, 5) is 22.6. The predicted octanol–water partition coefficient (Wildman–Crippen LogP) is 4.60. The van der Waals surface area contributed by atoms with Crippen molar-refractivity contribution >= 4 is 45.8 Å². The summed E-state index contributed by atoms with van der Waals surface area (Å²) >= 11 is 4.07. The Labute approximate surface area is 171 Å². The van der Waals surface area contributed by atoms with Gasteiger partial charge in [-0.2, -0.15) is 0 Å². The normalized spacial score (nSPS) is 10.8. The van der Waals surface area contributed by atoms with Crippen LogP contribution in [0, 0.1) is 0 Å². The van der Waals surface area contributed by atoms with E-state index in [1.165, 1.54) is 25.2 Å². The van der Waals surface area contributed by atoms with Gasteiger partial charge in [0.05, 0.1) is 12.2 Å². The van der Waals surface area contributed by atoms with Gasteiger partial charge >= 0.3 is 0 Å². The van der Waals surface area contributed by atoms with E-state index in [0.29, 0.717) is 34.2 Å². The third kappa shape index (κ3) is 6.51. The summed E-state index contributed by atoms with van der Waals surface area (Å²) in [6.45, 7) is 5.46. The van der Waals surface area contributed by atoms with Crippen LogP contribution < -0.4 is 4.74 Å². The fourth-order valence-corrected chi connectivity index (χ4v) is 5.16. The van der Waals surface area contributed by atoms with Crippen molar-refractivity contribution in [1.29, 1.82) is 0 Å². The summed E-state index contributed by atoms with van der Waals surface area (Å²) in [5.41, 5.74) is 1.02. The van der Waals surface area contributed by atoms with Crippen LogP contribution in [0.25, 0.3) is 0 Å². The number of aromatic nitrogens is 2. The largest absolute Gasteiger partial charge is 0.507 e. The molecule has 0 aliphatic carbocycles. The Morgan fingerprint density at radius 3 is 2.63 bits per heavy atom. The van der Waals surface area contributed by atoms with Gasteiger partial charge in [-0.3, -0.25) is 9.59 Å². The van der Waals surface area contributed by atoms with Crippen LogP contribution in [0.3, 0.4) is 0 Å². The molecule has 1 aromatic carbocycles. The second-order valence-electron chi connectivity index (χ2n) is 5.72. The van der Waals surface area contributed by atoms with E-state index in [0.717, 1.165) is 34.7 Å². The lowest BCUT2D eigenvalue weighted by molar-refractivity contribution is -0.109. The van der Waals surface area contributed by atoms with E-state index in [2.05, 4.69) is 10.2 Å². The van der Waals surface area contributed by atoms with E-state index in [1.807, 2.05) is 6.92 Å². The highest BCUT2D eigenvalue weighted by Gasteiger charge is 2.16.